The van der Waals surface area contributed by atoms with Crippen molar-refractivity contribution in [2.75, 3.05) is 13.2 Å². The molecule has 128 valence electrons. The molecule has 0 saturated carbocycles. The van der Waals surface area contributed by atoms with Gasteiger partial charge in [-0.3, -0.25) is 14.5 Å². The second-order valence-electron chi connectivity index (χ2n) is 5.37. The van der Waals surface area contributed by atoms with Gasteiger partial charge in [0.15, 0.2) is 0 Å². The minimum Gasteiger partial charge on any atom is -0.463 e. The number of aliphatic imine (C=N–C) groups is 1. The first-order chi connectivity index (χ1) is 11.5. The quantitative estimate of drug-likeness (QED) is 0.605. The Balaban J connectivity index is 1.52. The van der Waals surface area contributed by atoms with Crippen molar-refractivity contribution in [2.24, 2.45) is 4.99 Å². The third kappa shape index (κ3) is 3.40. The van der Waals surface area contributed by atoms with Crippen LogP contribution in [0.25, 0.3) is 0 Å². The lowest BCUT2D eigenvalue weighted by atomic mass is 10.2. The zero-order valence-electron chi connectivity index (χ0n) is 12.7. The van der Waals surface area contributed by atoms with Gasteiger partial charge in [0, 0.05) is 24.9 Å². The molecule has 0 amide bonds. The van der Waals surface area contributed by atoms with E-state index in [-0.39, 0.29) is 30.3 Å². The van der Waals surface area contributed by atoms with Gasteiger partial charge in [0.25, 0.3) is 10.0 Å². The van der Waals surface area contributed by atoms with Gasteiger partial charge in [-0.15, -0.1) is 0 Å². The Morgan fingerprint density at radius 2 is 2.17 bits per heavy atom. The summed E-state index contributed by atoms with van der Waals surface area (Å²) in [6.07, 6.45) is 0.0475. The zero-order chi connectivity index (χ0) is 17.2. The number of rotatable bonds is 5. The van der Waals surface area contributed by atoms with Crippen LogP contribution < -0.4 is 4.72 Å². The molecule has 3 rings (SSSR count). The van der Waals surface area contributed by atoms with Crippen LogP contribution in [0.15, 0.2) is 34.2 Å². The minimum absolute atomic E-state index is 0.0922. The van der Waals surface area contributed by atoms with Crippen LogP contribution in [0, 0.1) is 0 Å². The molecule has 0 aromatic heterocycles. The second kappa shape index (κ2) is 6.60. The summed E-state index contributed by atoms with van der Waals surface area (Å²) in [5.74, 6) is -0.731. The molecule has 1 fully saturated rings. The predicted octanol–water partition coefficient (Wildman–Crippen LogP) is 0.364. The third-order valence-corrected chi connectivity index (χ3v) is 5.03. The van der Waals surface area contributed by atoms with Gasteiger partial charge in [-0.05, 0) is 18.6 Å². The summed E-state index contributed by atoms with van der Waals surface area (Å²) in [5, 5.41) is 0. The smallest absolute Gasteiger partial charge is 0.347 e. The van der Waals surface area contributed by atoms with E-state index in [1.54, 1.807) is 18.2 Å². The van der Waals surface area contributed by atoms with E-state index in [0.29, 0.717) is 18.4 Å². The Morgan fingerprint density at radius 3 is 2.92 bits per heavy atom. The van der Waals surface area contributed by atoms with E-state index in [1.165, 1.54) is 6.07 Å². The molecule has 1 N–H and O–H groups in total. The molecule has 0 spiro atoms. The molecule has 2 heterocycles. The number of hydrogen-bond acceptors (Lipinski definition) is 7. The van der Waals surface area contributed by atoms with Gasteiger partial charge in [-0.25, -0.2) is 13.2 Å². The van der Waals surface area contributed by atoms with Gasteiger partial charge >= 0.3 is 11.9 Å². The molecular formula is C15H16N2O6S. The lowest BCUT2D eigenvalue weighted by Gasteiger charge is -2.07. The minimum atomic E-state index is -3.55. The van der Waals surface area contributed by atoms with Gasteiger partial charge in [0.05, 0.1) is 11.5 Å². The molecule has 9 heteroatoms. The number of nitrogens with zero attached hydrogens (tertiary/aromatic N) is 1. The first-order valence-corrected chi connectivity index (χ1v) is 8.98. The van der Waals surface area contributed by atoms with E-state index >= 15 is 0 Å². The van der Waals surface area contributed by atoms with Crippen LogP contribution in [0.5, 0.6) is 0 Å². The largest absolute Gasteiger partial charge is 0.463 e. The Bertz CT molecular complexity index is 802. The number of sulfonamides is 1. The van der Waals surface area contributed by atoms with Gasteiger partial charge in [0.2, 0.25) is 6.10 Å². The molecule has 8 nitrogen and oxygen atoms in total. The normalized spacial score (nSPS) is 22.8. The number of amidine groups is 1. The molecule has 0 radical (unpaired) electrons. The number of carbonyl (C=O) groups is 2. The van der Waals surface area contributed by atoms with Crippen molar-refractivity contribution in [2.45, 2.75) is 30.3 Å². The number of hydrogen-bond donors (Lipinski definition) is 1. The molecule has 0 bridgehead atoms. The summed E-state index contributed by atoms with van der Waals surface area (Å²) in [7, 11) is -3.55. The summed E-state index contributed by atoms with van der Waals surface area (Å²) in [5.41, 5.74) is 0.522. The number of nitrogens with one attached hydrogen (secondary N) is 1. The van der Waals surface area contributed by atoms with E-state index in [4.69, 9.17) is 9.47 Å². The molecule has 24 heavy (non-hydrogen) atoms. The van der Waals surface area contributed by atoms with Crippen LogP contribution in [0.3, 0.4) is 0 Å². The number of cyclic esters (lactones) is 1. The summed E-state index contributed by atoms with van der Waals surface area (Å²) in [6, 6.07) is 6.56. The topological polar surface area (TPSA) is 111 Å². The Kier molecular flexibility index (Phi) is 4.52. The highest BCUT2D eigenvalue weighted by atomic mass is 32.2. The van der Waals surface area contributed by atoms with Crippen LogP contribution in [0.1, 0.15) is 24.8 Å². The average molecular weight is 352 g/mol. The van der Waals surface area contributed by atoms with Crippen molar-refractivity contribution in [3.05, 3.63) is 29.8 Å². The maximum atomic E-state index is 11.9. The fraction of sp³-hybridized carbons (Fsp3) is 0.400. The van der Waals surface area contributed by atoms with E-state index in [9.17, 15) is 18.0 Å². The van der Waals surface area contributed by atoms with Gasteiger partial charge in [-0.2, -0.15) is 0 Å². The fourth-order valence-corrected chi connectivity index (χ4v) is 3.72. The summed E-state index contributed by atoms with van der Waals surface area (Å²) in [4.78, 5) is 27.3. The van der Waals surface area contributed by atoms with Crippen LogP contribution >= 0.6 is 0 Å². The number of esters is 2. The highest BCUT2D eigenvalue weighted by Crippen LogP contribution is 2.22. The first-order valence-electron chi connectivity index (χ1n) is 7.50. The van der Waals surface area contributed by atoms with Crippen molar-refractivity contribution in [3.63, 3.8) is 0 Å². The van der Waals surface area contributed by atoms with Gasteiger partial charge in [0.1, 0.15) is 5.84 Å². The van der Waals surface area contributed by atoms with Crippen LogP contribution in [0.2, 0.25) is 0 Å². The molecule has 1 aromatic rings. The van der Waals surface area contributed by atoms with Crippen molar-refractivity contribution in [3.8, 4) is 0 Å². The summed E-state index contributed by atoms with van der Waals surface area (Å²) >= 11 is 0. The molecule has 0 aliphatic carbocycles. The van der Waals surface area contributed by atoms with Crippen molar-refractivity contribution < 1.29 is 27.5 Å². The molecule has 1 aromatic carbocycles. The van der Waals surface area contributed by atoms with Gasteiger partial charge in [-0.1, -0.05) is 12.1 Å². The maximum Gasteiger partial charge on any atom is 0.347 e. The molecule has 2 aliphatic heterocycles. The van der Waals surface area contributed by atoms with Crippen LogP contribution in [-0.4, -0.2) is 45.4 Å². The summed E-state index contributed by atoms with van der Waals surface area (Å²) < 4.78 is 36.0. The molecule has 1 atom stereocenters. The SMILES string of the molecule is O=C(CCCN=C1NS(=O)(=O)c2ccccc21)O[C@H]1CCOC1=O. The molecule has 2 aliphatic rings. The van der Waals surface area contributed by atoms with Crippen molar-refractivity contribution in [1.29, 1.82) is 0 Å². The Hall–Kier alpha value is -2.42. The molecule has 1 saturated heterocycles. The van der Waals surface area contributed by atoms with Crippen molar-refractivity contribution >= 4 is 27.8 Å². The Morgan fingerprint density at radius 1 is 1.38 bits per heavy atom. The molecular weight excluding hydrogens is 336 g/mol. The van der Waals surface area contributed by atoms with Crippen molar-refractivity contribution in [1.82, 2.24) is 4.72 Å². The Labute approximate surface area is 138 Å². The second-order valence-corrected chi connectivity index (χ2v) is 7.02. The monoisotopic (exact) mass is 352 g/mol. The first kappa shape index (κ1) is 16.4. The van der Waals surface area contributed by atoms with E-state index in [2.05, 4.69) is 9.71 Å². The van der Waals surface area contributed by atoms with E-state index < -0.39 is 28.1 Å². The van der Waals surface area contributed by atoms with Crippen LogP contribution in [-0.2, 0) is 29.1 Å². The average Bonchev–Trinajstić information content (AvgIpc) is 3.06. The number of benzene rings is 1. The number of carbonyl (C=O) groups excluding carboxylic acids is 2. The lowest BCUT2D eigenvalue weighted by molar-refractivity contribution is -0.160. The zero-order valence-corrected chi connectivity index (χ0v) is 13.5. The maximum absolute atomic E-state index is 11.9. The predicted molar refractivity (Wildman–Crippen MR) is 82.9 cm³/mol. The third-order valence-electron chi connectivity index (χ3n) is 3.63. The van der Waals surface area contributed by atoms with Crippen LogP contribution in [0.4, 0.5) is 0 Å². The van der Waals surface area contributed by atoms with E-state index in [1.807, 2.05) is 0 Å². The number of fused-ring (bicyclic) bond motifs is 1. The van der Waals surface area contributed by atoms with E-state index in [0.717, 1.165) is 0 Å². The highest BCUT2D eigenvalue weighted by Gasteiger charge is 2.31. The number of ether oxygens (including phenoxy) is 2. The fourth-order valence-electron chi connectivity index (χ4n) is 2.47. The van der Waals surface area contributed by atoms with Gasteiger partial charge < -0.3 is 9.47 Å². The molecule has 0 unspecified atom stereocenters. The highest BCUT2D eigenvalue weighted by molar-refractivity contribution is 7.90. The summed E-state index contributed by atoms with van der Waals surface area (Å²) in [6.45, 7) is 0.528. The standard InChI is InChI=1S/C15H16N2O6S/c18-13(23-11-7-9-22-15(11)19)6-3-8-16-14-10-4-1-2-5-12(10)24(20,21)17-14/h1-2,4-5,11H,3,6-9H2,(H,16,17)/t11-/m0/s1. The lowest BCUT2D eigenvalue weighted by Crippen LogP contribution is -2.23.